The van der Waals surface area contributed by atoms with Gasteiger partial charge in [0, 0.05) is 32.6 Å². The summed E-state index contributed by atoms with van der Waals surface area (Å²) in [7, 11) is 5.79. The van der Waals surface area contributed by atoms with E-state index in [2.05, 4.69) is 25.3 Å². The molecule has 4 aromatic heterocycles. The largest absolute Gasteiger partial charge is 0.476 e. The third-order valence-corrected chi connectivity index (χ3v) is 6.17. The van der Waals surface area contributed by atoms with Gasteiger partial charge in [0.2, 0.25) is 18.7 Å². The summed E-state index contributed by atoms with van der Waals surface area (Å²) in [4.78, 5) is 6.98. The second-order valence-electron chi connectivity index (χ2n) is 8.77. The molecule has 5 heterocycles. The molecular formula is C25H29F2N9O2. The van der Waals surface area contributed by atoms with Crippen LogP contribution in [0.1, 0.15) is 28.3 Å². The van der Waals surface area contributed by atoms with Crippen LogP contribution in [0.4, 0.5) is 8.78 Å². The number of nitrogens with one attached hydrogen (secondary N) is 1. The molecule has 38 heavy (non-hydrogen) atoms. The first kappa shape index (κ1) is 26.7. The van der Waals surface area contributed by atoms with E-state index in [0.29, 0.717) is 31.5 Å². The number of aryl methyl sites for hydroxylation is 4. The van der Waals surface area contributed by atoms with Crippen molar-refractivity contribution in [3.05, 3.63) is 34.4 Å². The Kier molecular flexibility index (Phi) is 8.02. The van der Waals surface area contributed by atoms with Gasteiger partial charge in [-0.1, -0.05) is 0 Å². The quantitative estimate of drug-likeness (QED) is 0.422. The monoisotopic (exact) mass is 525 g/mol. The molecule has 0 saturated heterocycles. The molecule has 2 bridgehead atoms. The molecule has 0 aliphatic carbocycles. The number of likely N-dealkylation sites (N-methyl/N-ethyl adjacent to an activating group) is 1. The van der Waals surface area contributed by atoms with E-state index in [1.54, 1.807) is 9.36 Å². The van der Waals surface area contributed by atoms with Gasteiger partial charge in [0.15, 0.2) is 6.61 Å². The lowest BCUT2D eigenvalue weighted by atomic mass is 10.1. The average Bonchev–Trinajstić information content (AvgIpc) is 3.50. The lowest BCUT2D eigenvalue weighted by molar-refractivity contribution is 0.218. The highest BCUT2D eigenvalue weighted by Gasteiger charge is 2.22. The van der Waals surface area contributed by atoms with Crippen molar-refractivity contribution in [1.82, 2.24) is 39.6 Å². The molecule has 200 valence electrons. The van der Waals surface area contributed by atoms with E-state index < -0.39 is 6.93 Å². The molecule has 13 heteroatoms. The van der Waals surface area contributed by atoms with Crippen LogP contribution in [-0.2, 0) is 20.6 Å². The van der Waals surface area contributed by atoms with E-state index >= 15 is 0 Å². The Morgan fingerprint density at radius 1 is 1.13 bits per heavy atom. The number of fused-ring (bicyclic) bond motifs is 4. The van der Waals surface area contributed by atoms with Gasteiger partial charge in [0.1, 0.15) is 18.2 Å². The molecule has 4 aromatic rings. The Hall–Kier alpha value is -4.31. The molecular weight excluding hydrogens is 496 g/mol. The Morgan fingerprint density at radius 2 is 1.89 bits per heavy atom. The zero-order valence-corrected chi connectivity index (χ0v) is 21.9. The van der Waals surface area contributed by atoms with Crippen LogP contribution in [0.15, 0.2) is 6.07 Å². The molecule has 0 unspecified atom stereocenters. The van der Waals surface area contributed by atoms with Crippen LogP contribution in [0.5, 0.6) is 11.8 Å². The van der Waals surface area contributed by atoms with Crippen LogP contribution in [0.2, 0.25) is 0 Å². The number of pyridine rings is 1. The van der Waals surface area contributed by atoms with E-state index in [1.165, 1.54) is 0 Å². The van der Waals surface area contributed by atoms with Crippen molar-refractivity contribution in [2.75, 3.05) is 33.7 Å². The van der Waals surface area contributed by atoms with Crippen molar-refractivity contribution in [3.8, 4) is 29.1 Å². The maximum Gasteiger partial charge on any atom is 0.241 e. The first-order valence-corrected chi connectivity index (χ1v) is 11.9. The lowest BCUT2D eigenvalue weighted by Gasteiger charge is -2.18. The maximum absolute atomic E-state index is 9.62. The van der Waals surface area contributed by atoms with Gasteiger partial charge in [-0.3, -0.25) is 19.7 Å². The molecule has 1 aliphatic heterocycles. The zero-order valence-electron chi connectivity index (χ0n) is 21.9. The van der Waals surface area contributed by atoms with E-state index in [9.17, 15) is 8.78 Å². The molecule has 0 fully saturated rings. The maximum atomic E-state index is 9.62. The Labute approximate surface area is 218 Å². The highest BCUT2D eigenvalue weighted by molar-refractivity contribution is 5.93. The van der Waals surface area contributed by atoms with Crippen molar-refractivity contribution < 1.29 is 18.3 Å². The first-order valence-electron chi connectivity index (χ1n) is 11.9. The predicted molar refractivity (Wildman–Crippen MR) is 138 cm³/mol. The highest BCUT2D eigenvalue weighted by atomic mass is 19.3. The molecule has 0 aromatic carbocycles. The van der Waals surface area contributed by atoms with Crippen LogP contribution in [0.25, 0.3) is 34.3 Å². The molecule has 0 atom stereocenters. The van der Waals surface area contributed by atoms with Gasteiger partial charge in [-0.2, -0.15) is 15.5 Å². The Morgan fingerprint density at radius 3 is 2.63 bits per heavy atom. The molecule has 5 rings (SSSR count). The number of halogens is 2. The van der Waals surface area contributed by atoms with Crippen LogP contribution in [0, 0.1) is 25.2 Å². The Bertz CT molecular complexity index is 1510. The van der Waals surface area contributed by atoms with Gasteiger partial charge < -0.3 is 9.47 Å². The van der Waals surface area contributed by atoms with Crippen molar-refractivity contribution >= 4 is 23.1 Å². The molecule has 0 radical (unpaired) electrons. The number of hydrogen-bond donors (Lipinski definition) is 1. The molecule has 0 spiro atoms. The van der Waals surface area contributed by atoms with E-state index in [4.69, 9.17) is 19.7 Å². The molecule has 1 aliphatic rings. The third kappa shape index (κ3) is 5.21. The molecule has 11 nitrogen and oxygen atoms in total. The smallest absolute Gasteiger partial charge is 0.241 e. The van der Waals surface area contributed by atoms with Crippen molar-refractivity contribution in [1.29, 1.82) is 5.26 Å². The number of aromatic nitrogens is 7. The second kappa shape index (κ2) is 11.4. The standard InChI is InChI=1S/C24H27N9O2.CH2F2/c1-14-21-19-12-17-18(27-28-22(17)15(2)26-19)7-6-16-20(32(4)30-23(16)34-10-8-25)13-31(3)9-11-35-24(21)33(5)29-14;2-1-3/h6-7,12H,9-11,13H2,1-5H3,(H,27,28);1H2/b7-6+;. The van der Waals surface area contributed by atoms with Crippen LogP contribution < -0.4 is 9.47 Å². The number of rotatable bonds is 2. The summed E-state index contributed by atoms with van der Waals surface area (Å²) in [5, 5.41) is 26.7. The van der Waals surface area contributed by atoms with Gasteiger partial charge >= 0.3 is 0 Å². The van der Waals surface area contributed by atoms with Crippen molar-refractivity contribution in [2.24, 2.45) is 14.1 Å². The van der Waals surface area contributed by atoms with E-state index in [0.717, 1.165) is 50.5 Å². The number of alkyl halides is 2. The van der Waals surface area contributed by atoms with E-state index in [-0.39, 0.29) is 6.61 Å². The van der Waals surface area contributed by atoms with Crippen LogP contribution >= 0.6 is 0 Å². The topological polar surface area (TPSA) is 123 Å². The number of hydrogen-bond acceptors (Lipinski definition) is 8. The summed E-state index contributed by atoms with van der Waals surface area (Å²) >= 11 is 0. The zero-order chi connectivity index (χ0) is 27.4. The molecule has 0 saturated carbocycles. The number of aromatic amines is 1. The second-order valence-corrected chi connectivity index (χ2v) is 8.77. The van der Waals surface area contributed by atoms with Crippen molar-refractivity contribution in [3.63, 3.8) is 0 Å². The molecule has 0 amide bonds. The van der Waals surface area contributed by atoms with Gasteiger partial charge in [-0.25, -0.2) is 13.5 Å². The predicted octanol–water partition coefficient (Wildman–Crippen LogP) is 3.49. The molecule has 1 N–H and O–H groups in total. The number of H-pyrrole nitrogens is 1. The Balaban J connectivity index is 0.00000107. The van der Waals surface area contributed by atoms with Crippen molar-refractivity contribution in [2.45, 2.75) is 20.4 Å². The normalized spacial score (nSPS) is 14.4. The van der Waals surface area contributed by atoms with Crippen LogP contribution in [0.3, 0.4) is 0 Å². The van der Waals surface area contributed by atoms with Crippen LogP contribution in [-0.4, -0.2) is 73.4 Å². The van der Waals surface area contributed by atoms with Gasteiger partial charge in [0.25, 0.3) is 0 Å². The summed E-state index contributed by atoms with van der Waals surface area (Å²) in [5.41, 5.74) is 6.75. The lowest BCUT2D eigenvalue weighted by Crippen LogP contribution is -2.25. The minimum Gasteiger partial charge on any atom is -0.476 e. The van der Waals surface area contributed by atoms with Gasteiger partial charge in [-0.05, 0) is 39.1 Å². The SMILES string of the molecule is Cc1nn(C)c2c1-c1cc3c([nH]nc3c(C)n1)/C=C/c1c(OCC#N)nn(C)c1CN(C)CCO2.FCF. The fourth-order valence-corrected chi connectivity index (χ4v) is 4.45. The minimum absolute atomic E-state index is 0.0756. The summed E-state index contributed by atoms with van der Waals surface area (Å²) in [6.07, 6.45) is 3.92. The highest BCUT2D eigenvalue weighted by Crippen LogP contribution is 2.35. The fraction of sp³-hybridized carbons (Fsp3) is 0.400. The number of nitrogens with zero attached hydrogens (tertiary/aromatic N) is 8. The minimum atomic E-state index is -1.75. The first-order chi connectivity index (χ1) is 18.3. The van der Waals surface area contributed by atoms with Gasteiger partial charge in [-0.15, -0.1) is 5.10 Å². The van der Waals surface area contributed by atoms with Gasteiger partial charge in [0.05, 0.1) is 39.6 Å². The summed E-state index contributed by atoms with van der Waals surface area (Å²) in [6.45, 7) is 3.86. The summed E-state index contributed by atoms with van der Waals surface area (Å²) < 4.78 is 34.7. The van der Waals surface area contributed by atoms with E-state index in [1.807, 2.05) is 59.3 Å². The fourth-order valence-electron chi connectivity index (χ4n) is 4.45. The summed E-state index contributed by atoms with van der Waals surface area (Å²) in [5.74, 6) is 1.11. The number of ether oxygens (including phenoxy) is 2. The third-order valence-electron chi connectivity index (χ3n) is 6.17. The number of nitriles is 1. The average molecular weight is 526 g/mol. The summed E-state index contributed by atoms with van der Waals surface area (Å²) in [6, 6.07) is 4.04.